The van der Waals surface area contributed by atoms with Gasteiger partial charge in [-0.3, -0.25) is 14.5 Å². The Labute approximate surface area is 176 Å². The second kappa shape index (κ2) is 8.83. The fraction of sp³-hybridized carbons (Fsp3) is 0.391. The van der Waals surface area contributed by atoms with E-state index in [0.717, 1.165) is 24.3 Å². The van der Waals surface area contributed by atoms with Crippen LogP contribution in [0.15, 0.2) is 48.5 Å². The maximum absolute atomic E-state index is 13.1. The summed E-state index contributed by atoms with van der Waals surface area (Å²) in [7, 11) is 0. The maximum Gasteiger partial charge on any atom is 0.235 e. The molecule has 0 unspecified atom stereocenters. The number of carbonyl (C=O) groups is 2. The minimum Gasteiger partial charge on any atom is -0.368 e. The van der Waals surface area contributed by atoms with Gasteiger partial charge in [0.05, 0.1) is 6.04 Å². The third kappa shape index (κ3) is 4.46. The van der Waals surface area contributed by atoms with Crippen LogP contribution < -0.4 is 10.6 Å². The highest BCUT2D eigenvalue weighted by Crippen LogP contribution is 2.24. The van der Waals surface area contributed by atoms with E-state index in [1.807, 2.05) is 28.0 Å². The quantitative estimate of drug-likeness (QED) is 0.816. The lowest BCUT2D eigenvalue weighted by Gasteiger charge is -2.37. The van der Waals surface area contributed by atoms with Crippen LogP contribution >= 0.6 is 0 Å². The van der Waals surface area contributed by atoms with Crippen LogP contribution in [0.25, 0.3) is 0 Å². The summed E-state index contributed by atoms with van der Waals surface area (Å²) in [5.41, 5.74) is 8.95. The van der Waals surface area contributed by atoms with E-state index in [1.165, 1.54) is 17.7 Å². The standard InChI is InChI=1S/C23H27FN4O2/c24-19-5-7-20(8-6-19)26-11-13-27(14-12-26)22(29)9-10-28-16-18-4-2-1-3-17(18)15-21(28)23(25)30/h1-8,21H,9-16H2,(H2,25,30)/t21-/m1/s1. The number of piperazine rings is 1. The van der Waals surface area contributed by atoms with E-state index < -0.39 is 0 Å². The number of anilines is 1. The SMILES string of the molecule is NC(=O)[C@H]1Cc2ccccc2CN1CCC(=O)N1CCN(c2ccc(F)cc2)CC1. The van der Waals surface area contributed by atoms with Crippen molar-refractivity contribution in [2.24, 2.45) is 5.73 Å². The zero-order chi connectivity index (χ0) is 21.1. The third-order valence-corrected chi connectivity index (χ3v) is 6.11. The van der Waals surface area contributed by atoms with Gasteiger partial charge in [-0.05, 0) is 41.8 Å². The summed E-state index contributed by atoms with van der Waals surface area (Å²) in [5, 5.41) is 0. The molecule has 4 rings (SSSR count). The summed E-state index contributed by atoms with van der Waals surface area (Å²) in [5.74, 6) is -0.497. The fourth-order valence-electron chi connectivity index (χ4n) is 4.36. The fourth-order valence-corrected chi connectivity index (χ4v) is 4.36. The van der Waals surface area contributed by atoms with Crippen LogP contribution in [0.1, 0.15) is 17.5 Å². The van der Waals surface area contributed by atoms with Gasteiger partial charge >= 0.3 is 0 Å². The van der Waals surface area contributed by atoms with Crippen LogP contribution in [0.4, 0.5) is 10.1 Å². The third-order valence-electron chi connectivity index (χ3n) is 6.11. The molecule has 2 aromatic rings. The van der Waals surface area contributed by atoms with Crippen LogP contribution in [-0.4, -0.2) is 60.4 Å². The molecule has 1 saturated heterocycles. The van der Waals surface area contributed by atoms with Gasteiger partial charge in [-0.1, -0.05) is 24.3 Å². The molecule has 2 aliphatic rings. The number of benzene rings is 2. The number of fused-ring (bicyclic) bond motifs is 1. The summed E-state index contributed by atoms with van der Waals surface area (Å²) in [6.07, 6.45) is 0.957. The van der Waals surface area contributed by atoms with Gasteiger partial charge in [0.25, 0.3) is 0 Å². The van der Waals surface area contributed by atoms with Gasteiger partial charge in [-0.15, -0.1) is 0 Å². The molecule has 30 heavy (non-hydrogen) atoms. The molecule has 0 spiro atoms. The lowest BCUT2D eigenvalue weighted by atomic mass is 9.93. The first-order chi connectivity index (χ1) is 14.5. The Morgan fingerprint density at radius 3 is 2.30 bits per heavy atom. The molecule has 0 aromatic heterocycles. The predicted octanol–water partition coefficient (Wildman–Crippen LogP) is 1.78. The zero-order valence-corrected chi connectivity index (χ0v) is 17.0. The Hall–Kier alpha value is -2.93. The number of hydrogen-bond donors (Lipinski definition) is 1. The van der Waals surface area contributed by atoms with Crippen molar-refractivity contribution in [3.8, 4) is 0 Å². The van der Waals surface area contributed by atoms with E-state index in [1.54, 1.807) is 12.1 Å². The predicted molar refractivity (Wildman–Crippen MR) is 113 cm³/mol. The van der Waals surface area contributed by atoms with Gasteiger partial charge < -0.3 is 15.5 Å². The second-order valence-corrected chi connectivity index (χ2v) is 7.96. The number of hydrogen-bond acceptors (Lipinski definition) is 4. The van der Waals surface area contributed by atoms with Crippen LogP contribution in [0.2, 0.25) is 0 Å². The smallest absolute Gasteiger partial charge is 0.235 e. The Morgan fingerprint density at radius 2 is 1.63 bits per heavy atom. The van der Waals surface area contributed by atoms with E-state index >= 15 is 0 Å². The van der Waals surface area contributed by atoms with Crippen molar-refractivity contribution in [1.29, 1.82) is 0 Å². The summed E-state index contributed by atoms with van der Waals surface area (Å²) in [6.45, 7) is 3.86. The van der Waals surface area contributed by atoms with Crippen molar-refractivity contribution in [3.63, 3.8) is 0 Å². The zero-order valence-electron chi connectivity index (χ0n) is 17.0. The van der Waals surface area contributed by atoms with Gasteiger partial charge in [-0.2, -0.15) is 0 Å². The minimum atomic E-state index is -0.372. The van der Waals surface area contributed by atoms with E-state index in [-0.39, 0.29) is 23.7 Å². The van der Waals surface area contributed by atoms with Crippen LogP contribution in [0, 0.1) is 5.82 Å². The van der Waals surface area contributed by atoms with Gasteiger partial charge in [0.15, 0.2) is 0 Å². The van der Waals surface area contributed by atoms with Crippen molar-refractivity contribution in [1.82, 2.24) is 9.80 Å². The minimum absolute atomic E-state index is 0.0934. The van der Waals surface area contributed by atoms with E-state index in [2.05, 4.69) is 11.0 Å². The molecule has 2 N–H and O–H groups in total. The topological polar surface area (TPSA) is 69.9 Å². The first-order valence-corrected chi connectivity index (χ1v) is 10.4. The summed E-state index contributed by atoms with van der Waals surface area (Å²) >= 11 is 0. The molecule has 0 saturated carbocycles. The second-order valence-electron chi connectivity index (χ2n) is 7.96. The molecule has 0 aliphatic carbocycles. The van der Waals surface area contributed by atoms with Crippen molar-refractivity contribution in [3.05, 3.63) is 65.5 Å². The molecule has 0 bridgehead atoms. The normalized spacial score (nSPS) is 19.4. The van der Waals surface area contributed by atoms with Crippen LogP contribution in [-0.2, 0) is 22.6 Å². The summed E-state index contributed by atoms with van der Waals surface area (Å²) in [6, 6.07) is 14.1. The average molecular weight is 410 g/mol. The summed E-state index contributed by atoms with van der Waals surface area (Å²) < 4.78 is 13.1. The van der Waals surface area contributed by atoms with E-state index in [4.69, 9.17) is 5.73 Å². The van der Waals surface area contributed by atoms with Crippen LogP contribution in [0.5, 0.6) is 0 Å². The molecule has 2 aliphatic heterocycles. The first kappa shape index (κ1) is 20.3. The first-order valence-electron chi connectivity index (χ1n) is 10.4. The lowest BCUT2D eigenvalue weighted by molar-refractivity contribution is -0.133. The Kier molecular flexibility index (Phi) is 5.99. The molecular formula is C23H27FN4O2. The number of primary amides is 1. The van der Waals surface area contributed by atoms with Gasteiger partial charge in [-0.25, -0.2) is 4.39 Å². The number of rotatable bonds is 5. The Balaban J connectivity index is 1.31. The highest BCUT2D eigenvalue weighted by Gasteiger charge is 2.30. The van der Waals surface area contributed by atoms with Crippen molar-refractivity contribution >= 4 is 17.5 Å². The molecule has 6 nitrogen and oxygen atoms in total. The van der Waals surface area contributed by atoms with Crippen LogP contribution in [0.3, 0.4) is 0 Å². The van der Waals surface area contributed by atoms with Gasteiger partial charge in [0, 0.05) is 51.4 Å². The van der Waals surface area contributed by atoms with Crippen molar-refractivity contribution in [2.45, 2.75) is 25.4 Å². The highest BCUT2D eigenvalue weighted by atomic mass is 19.1. The largest absolute Gasteiger partial charge is 0.368 e. The molecule has 2 heterocycles. The van der Waals surface area contributed by atoms with Gasteiger partial charge in [0.2, 0.25) is 11.8 Å². The molecule has 2 aromatic carbocycles. The Morgan fingerprint density at radius 1 is 0.967 bits per heavy atom. The number of nitrogens with zero attached hydrogens (tertiary/aromatic N) is 3. The number of amides is 2. The molecule has 1 fully saturated rings. The Bertz CT molecular complexity index is 910. The van der Waals surface area contributed by atoms with E-state index in [9.17, 15) is 14.0 Å². The van der Waals surface area contributed by atoms with E-state index in [0.29, 0.717) is 39.0 Å². The molecule has 2 amide bonds. The van der Waals surface area contributed by atoms with Crippen molar-refractivity contribution in [2.75, 3.05) is 37.6 Å². The molecule has 1 atom stereocenters. The summed E-state index contributed by atoms with van der Waals surface area (Å²) in [4.78, 5) is 30.8. The number of halogens is 1. The number of nitrogens with two attached hydrogens (primary N) is 1. The van der Waals surface area contributed by atoms with Gasteiger partial charge in [0.1, 0.15) is 5.82 Å². The highest BCUT2D eigenvalue weighted by molar-refractivity contribution is 5.81. The molecule has 7 heteroatoms. The maximum atomic E-state index is 13.1. The number of carbonyl (C=O) groups excluding carboxylic acids is 2. The van der Waals surface area contributed by atoms with Crippen molar-refractivity contribution < 1.29 is 14.0 Å². The monoisotopic (exact) mass is 410 g/mol. The molecule has 0 radical (unpaired) electrons. The average Bonchev–Trinajstić information content (AvgIpc) is 2.77. The molecule has 158 valence electrons. The molecular weight excluding hydrogens is 383 g/mol. The lowest BCUT2D eigenvalue weighted by Crippen LogP contribution is -2.51.